The highest BCUT2D eigenvalue weighted by molar-refractivity contribution is 5.96. The van der Waals surface area contributed by atoms with Gasteiger partial charge in [-0.25, -0.2) is 15.0 Å². The maximum absolute atomic E-state index is 12.5. The molecule has 2 aromatic heterocycles. The van der Waals surface area contributed by atoms with E-state index in [-0.39, 0.29) is 11.8 Å². The fourth-order valence-electron chi connectivity index (χ4n) is 4.51. The van der Waals surface area contributed by atoms with Crippen LogP contribution in [0.15, 0.2) is 28.7 Å². The summed E-state index contributed by atoms with van der Waals surface area (Å²) in [5, 5.41) is 2.93. The summed E-state index contributed by atoms with van der Waals surface area (Å²) in [6.45, 7) is 2.39. The summed E-state index contributed by atoms with van der Waals surface area (Å²) in [6, 6.07) is 7.92. The summed E-state index contributed by atoms with van der Waals surface area (Å²) < 4.78 is 6.06. The highest BCUT2D eigenvalue weighted by atomic mass is 16.3. The number of para-hydroxylation sites is 2. The Morgan fingerprint density at radius 2 is 1.97 bits per heavy atom. The molecule has 1 aromatic carbocycles. The third kappa shape index (κ3) is 2.96. The number of rotatable bonds is 3. The van der Waals surface area contributed by atoms with Crippen LogP contribution in [0.4, 0.5) is 5.82 Å². The van der Waals surface area contributed by atoms with Crippen LogP contribution >= 0.6 is 0 Å². The summed E-state index contributed by atoms with van der Waals surface area (Å²) in [7, 11) is 0. The number of hydrogen-bond donors (Lipinski definition) is 1. The molecule has 0 radical (unpaired) electrons. The number of anilines is 1. The van der Waals surface area contributed by atoms with Gasteiger partial charge in [-0.3, -0.25) is 4.79 Å². The van der Waals surface area contributed by atoms with Crippen LogP contribution in [0.1, 0.15) is 65.3 Å². The SMILES string of the molecule is O=C1NCCc2c1nc(C1CC1)nc2N1CCCC(c2nc3ccccc3o2)C1. The number of piperidine rings is 1. The summed E-state index contributed by atoms with van der Waals surface area (Å²) in [4.78, 5) is 29.1. The second-order valence-corrected chi connectivity index (χ2v) is 8.32. The molecule has 1 aliphatic carbocycles. The maximum atomic E-state index is 12.5. The van der Waals surface area contributed by atoms with Crippen molar-refractivity contribution in [3.05, 3.63) is 47.2 Å². The minimum absolute atomic E-state index is 0.0655. The molecule has 3 aromatic rings. The number of amides is 1. The molecule has 7 nitrogen and oxygen atoms in total. The lowest BCUT2D eigenvalue weighted by Crippen LogP contribution is -2.39. The van der Waals surface area contributed by atoms with Gasteiger partial charge >= 0.3 is 0 Å². The molecule has 1 unspecified atom stereocenters. The van der Waals surface area contributed by atoms with E-state index in [1.807, 2.05) is 24.3 Å². The number of aromatic nitrogens is 3. The number of benzene rings is 1. The first kappa shape index (κ1) is 16.9. The average molecular weight is 389 g/mol. The van der Waals surface area contributed by atoms with Gasteiger partial charge < -0.3 is 14.6 Å². The Labute approximate surface area is 168 Å². The number of carbonyl (C=O) groups excluding carboxylic acids is 1. The first-order valence-electron chi connectivity index (χ1n) is 10.6. The van der Waals surface area contributed by atoms with Crippen LogP contribution in [0.5, 0.6) is 0 Å². The van der Waals surface area contributed by atoms with Crippen molar-refractivity contribution in [1.82, 2.24) is 20.3 Å². The predicted octanol–water partition coefficient (Wildman–Crippen LogP) is 3.17. The standard InChI is InChI=1S/C22H23N5O2/c28-21-18-15(9-10-23-21)20(26-19(25-18)13-7-8-13)27-11-3-4-14(12-27)22-24-16-5-1-2-6-17(16)29-22/h1-2,5-6,13-14H,3-4,7-12H2,(H,23,28). The van der Waals surface area contributed by atoms with Crippen molar-refractivity contribution in [2.45, 2.75) is 43.9 Å². The van der Waals surface area contributed by atoms with Gasteiger partial charge in [0.2, 0.25) is 0 Å². The smallest absolute Gasteiger partial charge is 0.270 e. The van der Waals surface area contributed by atoms with Gasteiger partial charge in [0, 0.05) is 31.1 Å². The van der Waals surface area contributed by atoms with Crippen LogP contribution in [0, 0.1) is 0 Å². The van der Waals surface area contributed by atoms with Gasteiger partial charge in [0.05, 0.1) is 5.92 Å². The Kier molecular flexibility index (Phi) is 3.82. The van der Waals surface area contributed by atoms with E-state index in [0.717, 1.165) is 79.4 Å². The lowest BCUT2D eigenvalue weighted by molar-refractivity contribution is 0.0940. The second-order valence-electron chi connectivity index (χ2n) is 8.32. The molecule has 1 saturated heterocycles. The number of nitrogens with one attached hydrogen (secondary N) is 1. The quantitative estimate of drug-likeness (QED) is 0.741. The topological polar surface area (TPSA) is 84.2 Å². The van der Waals surface area contributed by atoms with Gasteiger partial charge in [-0.05, 0) is 44.2 Å². The molecule has 1 saturated carbocycles. The molecular weight excluding hydrogens is 366 g/mol. The number of carbonyl (C=O) groups is 1. The van der Waals surface area contributed by atoms with Gasteiger partial charge in [-0.2, -0.15) is 0 Å². The molecule has 4 heterocycles. The summed E-state index contributed by atoms with van der Waals surface area (Å²) in [6.07, 6.45) is 5.11. The van der Waals surface area contributed by atoms with E-state index in [1.165, 1.54) is 0 Å². The minimum atomic E-state index is -0.0655. The fourth-order valence-corrected chi connectivity index (χ4v) is 4.51. The molecule has 1 amide bonds. The Morgan fingerprint density at radius 1 is 1.07 bits per heavy atom. The third-order valence-corrected chi connectivity index (χ3v) is 6.20. The number of fused-ring (bicyclic) bond motifs is 2. The Hall–Kier alpha value is -2.96. The molecule has 0 spiro atoms. The van der Waals surface area contributed by atoms with E-state index in [1.54, 1.807) is 0 Å². The van der Waals surface area contributed by atoms with Crippen molar-refractivity contribution in [2.75, 3.05) is 24.5 Å². The molecule has 2 fully saturated rings. The largest absolute Gasteiger partial charge is 0.440 e. The van der Waals surface area contributed by atoms with E-state index in [2.05, 4.69) is 15.2 Å². The van der Waals surface area contributed by atoms with Crippen molar-refractivity contribution in [3.63, 3.8) is 0 Å². The average Bonchev–Trinajstić information content (AvgIpc) is 3.52. The van der Waals surface area contributed by atoms with Gasteiger partial charge in [-0.1, -0.05) is 12.1 Å². The van der Waals surface area contributed by atoms with Gasteiger partial charge in [0.1, 0.15) is 22.9 Å². The van der Waals surface area contributed by atoms with Crippen molar-refractivity contribution < 1.29 is 9.21 Å². The zero-order chi connectivity index (χ0) is 19.4. The van der Waals surface area contributed by atoms with Crippen molar-refractivity contribution in [3.8, 4) is 0 Å². The van der Waals surface area contributed by atoms with Crippen LogP contribution in [-0.2, 0) is 6.42 Å². The molecule has 148 valence electrons. The van der Waals surface area contributed by atoms with Gasteiger partial charge in [0.15, 0.2) is 11.5 Å². The van der Waals surface area contributed by atoms with E-state index in [9.17, 15) is 4.79 Å². The van der Waals surface area contributed by atoms with Crippen LogP contribution in [0.2, 0.25) is 0 Å². The number of oxazole rings is 1. The number of nitrogens with zero attached hydrogens (tertiary/aromatic N) is 4. The molecule has 2 aliphatic heterocycles. The van der Waals surface area contributed by atoms with Gasteiger partial charge in [0.25, 0.3) is 5.91 Å². The molecule has 6 rings (SSSR count). The normalized spacial score (nSPS) is 21.9. The van der Waals surface area contributed by atoms with E-state index in [4.69, 9.17) is 14.4 Å². The lowest BCUT2D eigenvalue weighted by atomic mass is 9.96. The fraction of sp³-hybridized carbons (Fsp3) is 0.455. The Bertz CT molecular complexity index is 1070. The summed E-state index contributed by atoms with van der Waals surface area (Å²) in [5.74, 6) is 3.16. The Morgan fingerprint density at radius 3 is 2.83 bits per heavy atom. The molecule has 1 N–H and O–H groups in total. The van der Waals surface area contributed by atoms with Crippen molar-refractivity contribution in [1.29, 1.82) is 0 Å². The van der Waals surface area contributed by atoms with Crippen molar-refractivity contribution >= 4 is 22.8 Å². The lowest BCUT2D eigenvalue weighted by Gasteiger charge is -2.34. The zero-order valence-corrected chi connectivity index (χ0v) is 16.2. The van der Waals surface area contributed by atoms with E-state index >= 15 is 0 Å². The monoisotopic (exact) mass is 389 g/mol. The zero-order valence-electron chi connectivity index (χ0n) is 16.2. The third-order valence-electron chi connectivity index (χ3n) is 6.20. The van der Waals surface area contributed by atoms with E-state index < -0.39 is 0 Å². The van der Waals surface area contributed by atoms with E-state index in [0.29, 0.717) is 18.2 Å². The minimum Gasteiger partial charge on any atom is -0.440 e. The summed E-state index contributed by atoms with van der Waals surface area (Å²) in [5.41, 5.74) is 3.32. The number of hydrogen-bond acceptors (Lipinski definition) is 6. The van der Waals surface area contributed by atoms with Crippen LogP contribution < -0.4 is 10.2 Å². The molecule has 29 heavy (non-hydrogen) atoms. The first-order valence-corrected chi connectivity index (χ1v) is 10.6. The molecule has 0 bridgehead atoms. The molecule has 1 atom stereocenters. The Balaban J connectivity index is 1.36. The molecular formula is C22H23N5O2. The highest BCUT2D eigenvalue weighted by Crippen LogP contribution is 2.40. The molecule has 3 aliphatic rings. The summed E-state index contributed by atoms with van der Waals surface area (Å²) >= 11 is 0. The molecule has 7 heteroatoms. The van der Waals surface area contributed by atoms with Crippen LogP contribution in [0.3, 0.4) is 0 Å². The van der Waals surface area contributed by atoms with Gasteiger partial charge in [-0.15, -0.1) is 0 Å². The van der Waals surface area contributed by atoms with Crippen LogP contribution in [-0.4, -0.2) is 40.5 Å². The van der Waals surface area contributed by atoms with Crippen LogP contribution in [0.25, 0.3) is 11.1 Å². The first-order chi connectivity index (χ1) is 14.3. The van der Waals surface area contributed by atoms with Crippen molar-refractivity contribution in [2.24, 2.45) is 0 Å². The second kappa shape index (κ2) is 6.54. The predicted molar refractivity (Wildman–Crippen MR) is 108 cm³/mol. The maximum Gasteiger partial charge on any atom is 0.270 e. The highest BCUT2D eigenvalue weighted by Gasteiger charge is 2.34.